The van der Waals surface area contributed by atoms with Gasteiger partial charge in [-0.3, -0.25) is 9.59 Å². The van der Waals surface area contributed by atoms with Crippen LogP contribution in [0.2, 0.25) is 5.02 Å². The lowest BCUT2D eigenvalue weighted by molar-refractivity contribution is 0.0696. The molecule has 0 aliphatic rings. The quantitative estimate of drug-likeness (QED) is 0.455. The summed E-state index contributed by atoms with van der Waals surface area (Å²) < 4.78 is 0. The van der Waals surface area contributed by atoms with E-state index in [1.807, 2.05) is 12.1 Å². The Kier molecular flexibility index (Phi) is 6.65. The molecular formula is C25H23ClN2O4. The maximum absolute atomic E-state index is 12.9. The first-order chi connectivity index (χ1) is 15.0. The molecule has 7 heteroatoms. The molecule has 0 bridgehead atoms. The van der Waals surface area contributed by atoms with Crippen molar-refractivity contribution in [1.82, 2.24) is 0 Å². The van der Waals surface area contributed by atoms with Gasteiger partial charge in [-0.05, 0) is 59.5 Å². The van der Waals surface area contributed by atoms with Gasteiger partial charge in [-0.15, -0.1) is 0 Å². The van der Waals surface area contributed by atoms with Gasteiger partial charge in [0, 0.05) is 16.3 Å². The van der Waals surface area contributed by atoms with Crippen LogP contribution in [0.1, 0.15) is 57.4 Å². The molecule has 0 aromatic heterocycles. The third-order valence-electron chi connectivity index (χ3n) is 4.85. The summed E-state index contributed by atoms with van der Waals surface area (Å²) in [6, 6.07) is 17.7. The predicted octanol–water partition coefficient (Wildman–Crippen LogP) is 5.84. The van der Waals surface area contributed by atoms with Gasteiger partial charge in [0.05, 0.1) is 16.8 Å². The standard InChI is InChI=1S/C25H23ClN2O4/c1-25(2,3)17-9-7-15(8-10-17)22(29)28-21-12-11-18(26)14-20(21)23(30)27-19-6-4-5-16(13-19)24(31)32/h4-14H,1-3H3,(H,27,30)(H,28,29)(H,31,32). The zero-order valence-corrected chi connectivity index (χ0v) is 18.7. The molecule has 0 saturated carbocycles. The fourth-order valence-corrected chi connectivity index (χ4v) is 3.23. The van der Waals surface area contributed by atoms with Crippen LogP contribution in [0.4, 0.5) is 11.4 Å². The van der Waals surface area contributed by atoms with Crippen LogP contribution in [-0.2, 0) is 5.41 Å². The number of carbonyl (C=O) groups excluding carboxylic acids is 2. The highest BCUT2D eigenvalue weighted by Crippen LogP contribution is 2.25. The lowest BCUT2D eigenvalue weighted by Gasteiger charge is -2.19. The van der Waals surface area contributed by atoms with Gasteiger partial charge in [-0.2, -0.15) is 0 Å². The molecular weight excluding hydrogens is 428 g/mol. The fourth-order valence-electron chi connectivity index (χ4n) is 3.06. The van der Waals surface area contributed by atoms with Crippen LogP contribution in [0.3, 0.4) is 0 Å². The van der Waals surface area contributed by atoms with Gasteiger partial charge < -0.3 is 15.7 Å². The van der Waals surface area contributed by atoms with E-state index in [0.717, 1.165) is 5.56 Å². The Morgan fingerprint density at radius 3 is 2.12 bits per heavy atom. The summed E-state index contributed by atoms with van der Waals surface area (Å²) in [6.45, 7) is 6.27. The van der Waals surface area contributed by atoms with Crippen molar-refractivity contribution in [3.8, 4) is 0 Å². The topological polar surface area (TPSA) is 95.5 Å². The molecule has 0 aliphatic carbocycles. The second kappa shape index (κ2) is 9.24. The van der Waals surface area contributed by atoms with Crippen LogP contribution in [-0.4, -0.2) is 22.9 Å². The van der Waals surface area contributed by atoms with Gasteiger partial charge in [0.2, 0.25) is 0 Å². The Labute approximate surface area is 191 Å². The zero-order chi connectivity index (χ0) is 23.5. The third-order valence-corrected chi connectivity index (χ3v) is 5.09. The van der Waals surface area contributed by atoms with E-state index in [-0.39, 0.29) is 28.1 Å². The third kappa shape index (κ3) is 5.53. The summed E-state index contributed by atoms with van der Waals surface area (Å²) in [5.74, 6) is -2.00. The van der Waals surface area contributed by atoms with Crippen molar-refractivity contribution in [1.29, 1.82) is 0 Å². The average molecular weight is 451 g/mol. The molecule has 0 spiro atoms. The second-order valence-electron chi connectivity index (χ2n) is 8.31. The van der Waals surface area contributed by atoms with Gasteiger partial charge >= 0.3 is 5.97 Å². The van der Waals surface area contributed by atoms with Crippen LogP contribution in [0.15, 0.2) is 66.7 Å². The summed E-state index contributed by atoms with van der Waals surface area (Å²) in [7, 11) is 0. The highest BCUT2D eigenvalue weighted by Gasteiger charge is 2.18. The molecule has 2 amide bonds. The van der Waals surface area contributed by atoms with Crippen molar-refractivity contribution in [3.05, 3.63) is 94.0 Å². The molecule has 0 heterocycles. The Hall–Kier alpha value is -3.64. The van der Waals surface area contributed by atoms with Crippen molar-refractivity contribution >= 4 is 40.8 Å². The second-order valence-corrected chi connectivity index (χ2v) is 8.75. The number of carbonyl (C=O) groups is 3. The smallest absolute Gasteiger partial charge is 0.335 e. The number of carboxylic acids is 1. The maximum atomic E-state index is 12.9. The molecule has 6 nitrogen and oxygen atoms in total. The molecule has 0 unspecified atom stereocenters. The monoisotopic (exact) mass is 450 g/mol. The number of amides is 2. The molecule has 3 N–H and O–H groups in total. The van der Waals surface area contributed by atoms with E-state index in [4.69, 9.17) is 16.7 Å². The van der Waals surface area contributed by atoms with E-state index in [0.29, 0.717) is 16.3 Å². The van der Waals surface area contributed by atoms with E-state index in [2.05, 4.69) is 31.4 Å². The molecule has 0 fully saturated rings. The highest BCUT2D eigenvalue weighted by atomic mass is 35.5. The number of halogens is 1. The number of carboxylic acid groups (broad SMARTS) is 1. The fraction of sp³-hybridized carbons (Fsp3) is 0.160. The first kappa shape index (κ1) is 23.0. The van der Waals surface area contributed by atoms with Gasteiger partial charge in [-0.25, -0.2) is 4.79 Å². The van der Waals surface area contributed by atoms with Gasteiger partial charge in [0.1, 0.15) is 0 Å². The molecule has 3 aromatic rings. The highest BCUT2D eigenvalue weighted by molar-refractivity contribution is 6.31. The van der Waals surface area contributed by atoms with E-state index in [1.54, 1.807) is 30.3 Å². The zero-order valence-electron chi connectivity index (χ0n) is 17.9. The Bertz CT molecular complexity index is 1180. The van der Waals surface area contributed by atoms with E-state index in [9.17, 15) is 14.4 Å². The summed E-state index contributed by atoms with van der Waals surface area (Å²) in [5.41, 5.74) is 2.31. The summed E-state index contributed by atoms with van der Waals surface area (Å²) in [6.07, 6.45) is 0. The van der Waals surface area contributed by atoms with Crippen molar-refractivity contribution < 1.29 is 19.5 Å². The van der Waals surface area contributed by atoms with Crippen molar-refractivity contribution in [3.63, 3.8) is 0 Å². The molecule has 32 heavy (non-hydrogen) atoms. The largest absolute Gasteiger partial charge is 0.478 e. The molecule has 0 saturated heterocycles. The van der Waals surface area contributed by atoms with Crippen LogP contribution >= 0.6 is 11.6 Å². The first-order valence-corrected chi connectivity index (χ1v) is 10.3. The normalized spacial score (nSPS) is 11.0. The van der Waals surface area contributed by atoms with Crippen LogP contribution in [0.5, 0.6) is 0 Å². The molecule has 0 radical (unpaired) electrons. The van der Waals surface area contributed by atoms with E-state index in [1.165, 1.54) is 24.3 Å². The Morgan fingerprint density at radius 1 is 0.812 bits per heavy atom. The number of aromatic carboxylic acids is 1. The molecule has 3 rings (SSSR count). The Balaban J connectivity index is 1.83. The van der Waals surface area contributed by atoms with E-state index >= 15 is 0 Å². The lowest BCUT2D eigenvalue weighted by Crippen LogP contribution is -2.19. The lowest BCUT2D eigenvalue weighted by atomic mass is 9.86. The number of hydrogen-bond acceptors (Lipinski definition) is 3. The molecule has 0 atom stereocenters. The SMILES string of the molecule is CC(C)(C)c1ccc(C(=O)Nc2ccc(Cl)cc2C(=O)Nc2cccc(C(=O)O)c2)cc1. The van der Waals surface area contributed by atoms with E-state index < -0.39 is 11.9 Å². The maximum Gasteiger partial charge on any atom is 0.335 e. The van der Waals surface area contributed by atoms with Crippen LogP contribution < -0.4 is 10.6 Å². The van der Waals surface area contributed by atoms with Gasteiger partial charge in [0.15, 0.2) is 0 Å². The average Bonchev–Trinajstić information content (AvgIpc) is 2.74. The number of hydrogen-bond donors (Lipinski definition) is 3. The van der Waals surface area contributed by atoms with Crippen molar-refractivity contribution in [2.75, 3.05) is 10.6 Å². The number of rotatable bonds is 5. The number of anilines is 2. The van der Waals surface area contributed by atoms with Crippen molar-refractivity contribution in [2.24, 2.45) is 0 Å². The molecule has 0 aliphatic heterocycles. The van der Waals surface area contributed by atoms with Gasteiger partial charge in [-0.1, -0.05) is 50.6 Å². The Morgan fingerprint density at radius 2 is 1.50 bits per heavy atom. The first-order valence-electron chi connectivity index (χ1n) is 9.91. The molecule has 3 aromatic carbocycles. The minimum absolute atomic E-state index is 0.0333. The van der Waals surface area contributed by atoms with Crippen molar-refractivity contribution in [2.45, 2.75) is 26.2 Å². The summed E-state index contributed by atoms with van der Waals surface area (Å²) in [4.78, 5) is 36.8. The number of benzene rings is 3. The predicted molar refractivity (Wildman–Crippen MR) is 126 cm³/mol. The number of nitrogens with one attached hydrogen (secondary N) is 2. The minimum Gasteiger partial charge on any atom is -0.478 e. The van der Waals surface area contributed by atoms with Crippen LogP contribution in [0.25, 0.3) is 0 Å². The van der Waals surface area contributed by atoms with Gasteiger partial charge in [0.25, 0.3) is 11.8 Å². The summed E-state index contributed by atoms with van der Waals surface area (Å²) >= 11 is 6.07. The minimum atomic E-state index is -1.10. The van der Waals surface area contributed by atoms with Crippen LogP contribution in [0, 0.1) is 0 Å². The molecule has 164 valence electrons. The summed E-state index contributed by atoms with van der Waals surface area (Å²) in [5, 5.41) is 14.9.